The van der Waals surface area contributed by atoms with E-state index >= 15 is 0 Å². The summed E-state index contributed by atoms with van der Waals surface area (Å²) in [6.45, 7) is 0.513. The third kappa shape index (κ3) is 4.17. The van der Waals surface area contributed by atoms with Gasteiger partial charge in [-0.1, -0.05) is 54.7 Å². The minimum atomic E-state index is -0.0985. The van der Waals surface area contributed by atoms with Crippen LogP contribution in [0.15, 0.2) is 54.6 Å². The summed E-state index contributed by atoms with van der Waals surface area (Å²) in [5, 5.41) is 2.89. The van der Waals surface area contributed by atoms with Gasteiger partial charge in [0, 0.05) is 18.5 Å². The Balaban J connectivity index is 2.00. The molecule has 20 heavy (non-hydrogen) atoms. The van der Waals surface area contributed by atoms with Crippen LogP contribution < -0.4 is 11.1 Å². The zero-order valence-corrected chi connectivity index (χ0v) is 11.8. The van der Waals surface area contributed by atoms with E-state index in [2.05, 4.69) is 5.32 Å². The second-order valence-corrected chi connectivity index (χ2v) is 5.04. The first-order valence-corrected chi connectivity index (χ1v) is 6.75. The molecule has 0 saturated carbocycles. The first kappa shape index (κ1) is 14.2. The molecule has 2 aromatic rings. The molecule has 3 nitrogen and oxygen atoms in total. The van der Waals surface area contributed by atoms with Crippen LogP contribution in [0.25, 0.3) is 0 Å². The van der Waals surface area contributed by atoms with Crippen molar-refractivity contribution in [1.29, 1.82) is 0 Å². The number of nitrogens with two attached hydrogens (primary N) is 1. The Labute approximate surface area is 123 Å². The van der Waals surface area contributed by atoms with Crippen molar-refractivity contribution in [2.45, 2.75) is 13.0 Å². The quantitative estimate of drug-likeness (QED) is 0.829. The number of thiocarbonyl (C=S) groups is 1. The van der Waals surface area contributed by atoms with Crippen molar-refractivity contribution in [2.24, 2.45) is 5.73 Å². The number of nitrogens with one attached hydrogen (secondary N) is 1. The molecule has 2 aromatic carbocycles. The van der Waals surface area contributed by atoms with Gasteiger partial charge in [0.1, 0.15) is 0 Å². The SMILES string of the molecule is NC(=S)Cc1cccc(C(=O)NCc2ccccc2)c1. The highest BCUT2D eigenvalue weighted by Crippen LogP contribution is 2.07. The fourth-order valence-corrected chi connectivity index (χ4v) is 2.07. The lowest BCUT2D eigenvalue weighted by Crippen LogP contribution is -2.23. The summed E-state index contributed by atoms with van der Waals surface area (Å²) in [6, 6.07) is 17.1. The second kappa shape index (κ2) is 6.82. The summed E-state index contributed by atoms with van der Waals surface area (Å²) >= 11 is 4.88. The maximum absolute atomic E-state index is 12.1. The highest BCUT2D eigenvalue weighted by Gasteiger charge is 2.06. The lowest BCUT2D eigenvalue weighted by atomic mass is 10.1. The topological polar surface area (TPSA) is 55.1 Å². The molecule has 0 saturated heterocycles. The third-order valence-electron chi connectivity index (χ3n) is 2.86. The Morgan fingerprint density at radius 3 is 2.45 bits per heavy atom. The van der Waals surface area contributed by atoms with Crippen LogP contribution in [0.4, 0.5) is 0 Å². The maximum atomic E-state index is 12.1. The number of benzene rings is 2. The predicted molar refractivity (Wildman–Crippen MR) is 84.5 cm³/mol. The Hall–Kier alpha value is -2.20. The highest BCUT2D eigenvalue weighted by molar-refractivity contribution is 7.80. The van der Waals surface area contributed by atoms with E-state index < -0.39 is 0 Å². The molecule has 102 valence electrons. The molecule has 0 aliphatic carbocycles. The second-order valence-electron chi connectivity index (χ2n) is 4.51. The first-order chi connectivity index (χ1) is 9.65. The van der Waals surface area contributed by atoms with E-state index in [1.165, 1.54) is 0 Å². The van der Waals surface area contributed by atoms with Crippen molar-refractivity contribution >= 4 is 23.1 Å². The lowest BCUT2D eigenvalue weighted by molar-refractivity contribution is 0.0951. The van der Waals surface area contributed by atoms with E-state index in [1.807, 2.05) is 48.5 Å². The summed E-state index contributed by atoms with van der Waals surface area (Å²) in [4.78, 5) is 12.5. The predicted octanol–water partition coefficient (Wildman–Crippen LogP) is 2.45. The summed E-state index contributed by atoms with van der Waals surface area (Å²) in [7, 11) is 0. The standard InChI is InChI=1S/C16H16N2OS/c17-15(20)10-13-7-4-8-14(9-13)16(19)18-11-12-5-2-1-3-6-12/h1-9H,10-11H2,(H2,17,20)(H,18,19). The minimum absolute atomic E-state index is 0.0985. The van der Waals surface area contributed by atoms with E-state index in [1.54, 1.807) is 6.07 Å². The van der Waals surface area contributed by atoms with E-state index in [4.69, 9.17) is 18.0 Å². The maximum Gasteiger partial charge on any atom is 0.251 e. The average Bonchev–Trinajstić information content (AvgIpc) is 2.45. The smallest absolute Gasteiger partial charge is 0.251 e. The molecule has 1 amide bonds. The van der Waals surface area contributed by atoms with Gasteiger partial charge in [0.15, 0.2) is 0 Å². The molecule has 3 N–H and O–H groups in total. The summed E-state index contributed by atoms with van der Waals surface area (Å²) in [5.74, 6) is -0.0985. The van der Waals surface area contributed by atoms with Crippen molar-refractivity contribution in [1.82, 2.24) is 5.32 Å². The molecule has 0 spiro atoms. The molecular formula is C16H16N2OS. The van der Waals surface area contributed by atoms with Crippen LogP contribution in [0.1, 0.15) is 21.5 Å². The number of amides is 1. The normalized spacial score (nSPS) is 10.0. The molecule has 0 atom stereocenters. The summed E-state index contributed by atoms with van der Waals surface area (Å²) in [6.07, 6.45) is 0.509. The number of carbonyl (C=O) groups excluding carboxylic acids is 1. The van der Waals surface area contributed by atoms with Gasteiger partial charge < -0.3 is 11.1 Å². The van der Waals surface area contributed by atoms with E-state index in [0.717, 1.165) is 11.1 Å². The molecule has 0 fully saturated rings. The largest absolute Gasteiger partial charge is 0.393 e. The molecule has 4 heteroatoms. The van der Waals surface area contributed by atoms with Gasteiger partial charge >= 0.3 is 0 Å². The van der Waals surface area contributed by atoms with Crippen LogP contribution in [-0.4, -0.2) is 10.9 Å². The van der Waals surface area contributed by atoms with Crippen LogP contribution in [0, 0.1) is 0 Å². The van der Waals surface area contributed by atoms with Crippen molar-refractivity contribution in [2.75, 3.05) is 0 Å². The number of hydrogen-bond donors (Lipinski definition) is 2. The highest BCUT2D eigenvalue weighted by atomic mass is 32.1. The summed E-state index contributed by atoms with van der Waals surface area (Å²) in [5.41, 5.74) is 8.15. The minimum Gasteiger partial charge on any atom is -0.393 e. The average molecular weight is 284 g/mol. The van der Waals surface area contributed by atoms with Gasteiger partial charge in [-0.2, -0.15) is 0 Å². The van der Waals surface area contributed by atoms with E-state index in [-0.39, 0.29) is 5.91 Å². The fourth-order valence-electron chi connectivity index (χ4n) is 1.90. The zero-order valence-electron chi connectivity index (χ0n) is 11.0. The van der Waals surface area contributed by atoms with Crippen molar-refractivity contribution in [3.63, 3.8) is 0 Å². The summed E-state index contributed by atoms with van der Waals surface area (Å²) < 4.78 is 0. The molecule has 0 heterocycles. The van der Waals surface area contributed by atoms with Crippen LogP contribution in [-0.2, 0) is 13.0 Å². The van der Waals surface area contributed by atoms with Gasteiger partial charge in [-0.15, -0.1) is 0 Å². The van der Waals surface area contributed by atoms with Crippen molar-refractivity contribution in [3.05, 3.63) is 71.3 Å². The molecule has 0 radical (unpaired) electrons. The molecule has 0 bridgehead atoms. The molecular weight excluding hydrogens is 268 g/mol. The van der Waals surface area contributed by atoms with Crippen LogP contribution in [0.2, 0.25) is 0 Å². The molecule has 0 aliphatic heterocycles. The van der Waals surface area contributed by atoms with Gasteiger partial charge in [-0.3, -0.25) is 4.79 Å². The molecule has 2 rings (SSSR count). The fraction of sp³-hybridized carbons (Fsp3) is 0.125. The van der Waals surface area contributed by atoms with Crippen LogP contribution in [0.5, 0.6) is 0 Å². The Bertz CT molecular complexity index is 611. The van der Waals surface area contributed by atoms with Gasteiger partial charge in [-0.05, 0) is 23.3 Å². The molecule has 0 aliphatic rings. The van der Waals surface area contributed by atoms with E-state index in [0.29, 0.717) is 23.5 Å². The van der Waals surface area contributed by atoms with Gasteiger partial charge in [0.25, 0.3) is 5.91 Å². The molecule has 0 aromatic heterocycles. The molecule has 0 unspecified atom stereocenters. The number of hydrogen-bond acceptors (Lipinski definition) is 2. The third-order valence-corrected chi connectivity index (χ3v) is 3.01. The Kier molecular flexibility index (Phi) is 4.85. The Morgan fingerprint density at radius 1 is 1.05 bits per heavy atom. The van der Waals surface area contributed by atoms with Gasteiger partial charge in [-0.25, -0.2) is 0 Å². The number of rotatable bonds is 5. The van der Waals surface area contributed by atoms with Gasteiger partial charge in [0.2, 0.25) is 0 Å². The van der Waals surface area contributed by atoms with Crippen LogP contribution >= 0.6 is 12.2 Å². The lowest BCUT2D eigenvalue weighted by Gasteiger charge is -2.07. The van der Waals surface area contributed by atoms with Crippen molar-refractivity contribution < 1.29 is 4.79 Å². The first-order valence-electron chi connectivity index (χ1n) is 6.34. The van der Waals surface area contributed by atoms with Crippen LogP contribution in [0.3, 0.4) is 0 Å². The monoisotopic (exact) mass is 284 g/mol. The Morgan fingerprint density at radius 2 is 1.75 bits per heavy atom. The van der Waals surface area contributed by atoms with Gasteiger partial charge in [0.05, 0.1) is 4.99 Å². The number of carbonyl (C=O) groups is 1. The zero-order chi connectivity index (χ0) is 14.4. The van der Waals surface area contributed by atoms with E-state index in [9.17, 15) is 4.79 Å². The van der Waals surface area contributed by atoms with Crippen molar-refractivity contribution in [3.8, 4) is 0 Å².